The summed E-state index contributed by atoms with van der Waals surface area (Å²) in [7, 11) is 1.60. The first-order chi connectivity index (χ1) is 11.5. The van der Waals surface area contributed by atoms with E-state index in [0.717, 1.165) is 17.1 Å². The van der Waals surface area contributed by atoms with Gasteiger partial charge in [0.1, 0.15) is 0 Å². The molecular formula is C18H17N3O2S. The van der Waals surface area contributed by atoms with Crippen LogP contribution in [0.1, 0.15) is 33.2 Å². The number of hydrogen-bond donors (Lipinski definition) is 1. The van der Waals surface area contributed by atoms with Crippen molar-refractivity contribution in [2.24, 2.45) is 0 Å². The molecule has 0 bridgehead atoms. The summed E-state index contributed by atoms with van der Waals surface area (Å²) < 4.78 is 0. The molecular weight excluding hydrogens is 322 g/mol. The highest BCUT2D eigenvalue weighted by Crippen LogP contribution is 2.24. The largest absolute Gasteiger partial charge is 0.331 e. The second-order valence-corrected chi connectivity index (χ2v) is 5.86. The summed E-state index contributed by atoms with van der Waals surface area (Å²) in [6.45, 7) is 2.07. The summed E-state index contributed by atoms with van der Waals surface area (Å²) in [5.41, 5.74) is 2.78. The smallest absolute Gasteiger partial charge is 0.280 e. The second-order valence-electron chi connectivity index (χ2n) is 5.48. The van der Waals surface area contributed by atoms with Crippen LogP contribution in [0.3, 0.4) is 0 Å². The zero-order chi connectivity index (χ0) is 17.3. The lowest BCUT2D eigenvalue weighted by atomic mass is 10.1. The SMILES string of the molecule is CCc1cccc(NC(=S)N(C)N2C(=O)c3ccccc3C2=O)c1. The number of benzene rings is 2. The summed E-state index contributed by atoms with van der Waals surface area (Å²) >= 11 is 5.36. The van der Waals surface area contributed by atoms with Gasteiger partial charge in [0.15, 0.2) is 5.11 Å². The number of rotatable bonds is 3. The predicted molar refractivity (Wildman–Crippen MR) is 96.7 cm³/mol. The molecule has 6 heteroatoms. The van der Waals surface area contributed by atoms with Gasteiger partial charge >= 0.3 is 0 Å². The maximum atomic E-state index is 12.5. The predicted octanol–water partition coefficient (Wildman–Crippen LogP) is 3.09. The van der Waals surface area contributed by atoms with E-state index in [1.165, 1.54) is 10.6 Å². The highest BCUT2D eigenvalue weighted by Gasteiger charge is 2.38. The molecule has 0 radical (unpaired) electrons. The normalized spacial score (nSPS) is 13.0. The van der Waals surface area contributed by atoms with Crippen molar-refractivity contribution in [3.05, 3.63) is 65.2 Å². The number of nitrogens with zero attached hydrogens (tertiary/aromatic N) is 2. The van der Waals surface area contributed by atoms with E-state index in [1.807, 2.05) is 24.3 Å². The monoisotopic (exact) mass is 339 g/mol. The molecule has 2 aromatic carbocycles. The number of carbonyl (C=O) groups excluding carboxylic acids is 2. The molecule has 24 heavy (non-hydrogen) atoms. The molecule has 1 heterocycles. The average molecular weight is 339 g/mol. The van der Waals surface area contributed by atoms with E-state index >= 15 is 0 Å². The van der Waals surface area contributed by atoms with Crippen LogP contribution in [-0.4, -0.2) is 34.0 Å². The lowest BCUT2D eigenvalue weighted by Crippen LogP contribution is -2.48. The maximum Gasteiger partial charge on any atom is 0.280 e. The van der Waals surface area contributed by atoms with Gasteiger partial charge in [0.05, 0.1) is 11.1 Å². The third-order valence-electron chi connectivity index (χ3n) is 3.95. The first-order valence-electron chi connectivity index (χ1n) is 7.64. The third-order valence-corrected chi connectivity index (χ3v) is 4.32. The van der Waals surface area contributed by atoms with Crippen molar-refractivity contribution >= 4 is 34.8 Å². The molecule has 2 aromatic rings. The van der Waals surface area contributed by atoms with E-state index < -0.39 is 0 Å². The van der Waals surface area contributed by atoms with Crippen LogP contribution in [0.5, 0.6) is 0 Å². The van der Waals surface area contributed by atoms with Crippen LogP contribution in [0.25, 0.3) is 0 Å². The van der Waals surface area contributed by atoms with Crippen LogP contribution < -0.4 is 5.32 Å². The molecule has 0 aromatic heterocycles. The van der Waals surface area contributed by atoms with Gasteiger partial charge < -0.3 is 5.32 Å². The molecule has 0 fully saturated rings. The van der Waals surface area contributed by atoms with Crippen molar-refractivity contribution in [3.8, 4) is 0 Å². The molecule has 3 rings (SSSR count). The van der Waals surface area contributed by atoms with Crippen molar-refractivity contribution in [1.82, 2.24) is 10.0 Å². The first-order valence-corrected chi connectivity index (χ1v) is 8.05. The molecule has 5 nitrogen and oxygen atoms in total. The zero-order valence-electron chi connectivity index (χ0n) is 13.4. The van der Waals surface area contributed by atoms with Crippen LogP contribution in [0, 0.1) is 0 Å². The fourth-order valence-electron chi connectivity index (χ4n) is 2.61. The van der Waals surface area contributed by atoms with Gasteiger partial charge in [0.25, 0.3) is 11.8 Å². The minimum Gasteiger partial charge on any atom is -0.331 e. The number of hydrazine groups is 1. The van der Waals surface area contributed by atoms with Gasteiger partial charge in [-0.1, -0.05) is 31.2 Å². The van der Waals surface area contributed by atoms with Crippen LogP contribution >= 0.6 is 12.2 Å². The Hall–Kier alpha value is -2.73. The minimum absolute atomic E-state index is 0.276. The molecule has 0 spiro atoms. The van der Waals surface area contributed by atoms with Crippen LogP contribution in [-0.2, 0) is 6.42 Å². The van der Waals surface area contributed by atoms with Crippen molar-refractivity contribution in [3.63, 3.8) is 0 Å². The average Bonchev–Trinajstić information content (AvgIpc) is 2.86. The van der Waals surface area contributed by atoms with E-state index in [9.17, 15) is 9.59 Å². The number of hydrogen-bond acceptors (Lipinski definition) is 3. The van der Waals surface area contributed by atoms with Crippen molar-refractivity contribution in [2.45, 2.75) is 13.3 Å². The Morgan fingerprint density at radius 3 is 2.29 bits per heavy atom. The molecule has 1 aliphatic heterocycles. The van der Waals surface area contributed by atoms with Gasteiger partial charge in [-0.2, -0.15) is 5.01 Å². The van der Waals surface area contributed by atoms with Crippen LogP contribution in [0.4, 0.5) is 5.69 Å². The molecule has 1 aliphatic rings. The Bertz CT molecular complexity index is 800. The first kappa shape index (κ1) is 16.1. The molecule has 0 atom stereocenters. The summed E-state index contributed by atoms with van der Waals surface area (Å²) in [6, 6.07) is 14.6. The zero-order valence-corrected chi connectivity index (χ0v) is 14.3. The summed E-state index contributed by atoms with van der Waals surface area (Å²) in [5.74, 6) is -0.742. The topological polar surface area (TPSA) is 52.6 Å². The lowest BCUT2D eigenvalue weighted by Gasteiger charge is -2.28. The fraction of sp³-hybridized carbons (Fsp3) is 0.167. The Balaban J connectivity index is 1.79. The number of thiocarbonyl (C=S) groups is 1. The summed E-state index contributed by atoms with van der Waals surface area (Å²) in [6.07, 6.45) is 0.913. The van der Waals surface area contributed by atoms with Gasteiger partial charge in [-0.25, -0.2) is 0 Å². The highest BCUT2D eigenvalue weighted by atomic mass is 32.1. The Kier molecular flexibility index (Phi) is 4.31. The van der Waals surface area contributed by atoms with Gasteiger partial charge in [-0.3, -0.25) is 14.6 Å². The number of anilines is 1. The standard InChI is InChI=1S/C18H17N3O2S/c1-3-12-7-6-8-13(11-12)19-18(24)20(2)21-16(22)14-9-4-5-10-15(14)17(21)23/h4-11H,3H2,1-2H3,(H,19,24). The lowest BCUT2D eigenvalue weighted by molar-refractivity contribution is 0.0366. The summed E-state index contributed by atoms with van der Waals surface area (Å²) in [5, 5.41) is 5.78. The second kappa shape index (κ2) is 6.41. The molecule has 2 amide bonds. The molecule has 0 aliphatic carbocycles. The Morgan fingerprint density at radius 2 is 1.71 bits per heavy atom. The molecule has 0 saturated heterocycles. The number of aryl methyl sites for hydroxylation is 1. The van der Waals surface area contributed by atoms with Crippen molar-refractivity contribution in [1.29, 1.82) is 0 Å². The van der Waals surface area contributed by atoms with E-state index in [4.69, 9.17) is 12.2 Å². The third kappa shape index (κ3) is 2.76. The number of imide groups is 1. The Labute approximate surface area is 145 Å². The number of amides is 2. The number of nitrogens with one attached hydrogen (secondary N) is 1. The van der Waals surface area contributed by atoms with Gasteiger partial charge in [-0.15, -0.1) is 0 Å². The van der Waals surface area contributed by atoms with E-state index in [1.54, 1.807) is 31.3 Å². The van der Waals surface area contributed by atoms with Gasteiger partial charge in [0.2, 0.25) is 0 Å². The van der Waals surface area contributed by atoms with Gasteiger partial charge in [0, 0.05) is 12.7 Å². The molecule has 0 unspecified atom stereocenters. The quantitative estimate of drug-likeness (QED) is 0.688. The van der Waals surface area contributed by atoms with Crippen LogP contribution in [0.15, 0.2) is 48.5 Å². The molecule has 0 saturated carbocycles. The summed E-state index contributed by atoms with van der Waals surface area (Å²) in [4.78, 5) is 25.0. The van der Waals surface area contributed by atoms with E-state index in [2.05, 4.69) is 12.2 Å². The maximum absolute atomic E-state index is 12.5. The number of carbonyl (C=O) groups is 2. The molecule has 1 N–H and O–H groups in total. The van der Waals surface area contributed by atoms with Crippen molar-refractivity contribution < 1.29 is 9.59 Å². The fourth-order valence-corrected chi connectivity index (χ4v) is 2.81. The highest BCUT2D eigenvalue weighted by molar-refractivity contribution is 7.80. The van der Waals surface area contributed by atoms with Crippen LogP contribution in [0.2, 0.25) is 0 Å². The van der Waals surface area contributed by atoms with Crippen molar-refractivity contribution in [2.75, 3.05) is 12.4 Å². The van der Waals surface area contributed by atoms with E-state index in [0.29, 0.717) is 11.1 Å². The Morgan fingerprint density at radius 1 is 1.08 bits per heavy atom. The molecule has 122 valence electrons. The number of fused-ring (bicyclic) bond motifs is 1. The van der Waals surface area contributed by atoms with Gasteiger partial charge in [-0.05, 0) is 48.5 Å². The minimum atomic E-state index is -0.371. The van der Waals surface area contributed by atoms with E-state index in [-0.39, 0.29) is 16.9 Å².